The van der Waals surface area contributed by atoms with E-state index in [9.17, 15) is 14.9 Å². The van der Waals surface area contributed by atoms with E-state index in [1.165, 1.54) is 12.1 Å². The fraction of sp³-hybridized carbons (Fsp3) is 0.316. The fourth-order valence-corrected chi connectivity index (χ4v) is 3.30. The van der Waals surface area contributed by atoms with Crippen molar-refractivity contribution in [2.24, 2.45) is 0 Å². The molecule has 2 N–H and O–H groups in total. The lowest BCUT2D eigenvalue weighted by molar-refractivity contribution is -0.383. The van der Waals surface area contributed by atoms with Gasteiger partial charge in [-0.3, -0.25) is 19.8 Å². The summed E-state index contributed by atoms with van der Waals surface area (Å²) in [4.78, 5) is 25.2. The van der Waals surface area contributed by atoms with Crippen LogP contribution in [0.3, 0.4) is 0 Å². The molecule has 0 aliphatic carbocycles. The largest absolute Gasteiger partial charge is 0.496 e. The van der Waals surface area contributed by atoms with Gasteiger partial charge in [0.1, 0.15) is 11.4 Å². The number of hydrogen-bond donors (Lipinski definition) is 2. The van der Waals surface area contributed by atoms with Crippen LogP contribution in [0.4, 0.5) is 11.4 Å². The number of benzene rings is 2. The maximum absolute atomic E-state index is 12.6. The van der Waals surface area contributed by atoms with Crippen molar-refractivity contribution >= 4 is 29.7 Å². The number of nitro groups is 1. The second-order valence-electron chi connectivity index (χ2n) is 6.25. The number of halogens is 1. The van der Waals surface area contributed by atoms with Crippen LogP contribution >= 0.6 is 12.4 Å². The Hall–Kier alpha value is -2.68. The molecular formula is C19H23ClN4O4. The highest BCUT2D eigenvalue weighted by atomic mass is 35.5. The van der Waals surface area contributed by atoms with E-state index in [-0.39, 0.29) is 42.3 Å². The molecule has 2 aromatic carbocycles. The number of hydrogen-bond acceptors (Lipinski definition) is 6. The summed E-state index contributed by atoms with van der Waals surface area (Å²) >= 11 is 0. The number of para-hydroxylation sites is 3. The first-order chi connectivity index (χ1) is 13.1. The van der Waals surface area contributed by atoms with Crippen LogP contribution in [0.15, 0.2) is 48.5 Å². The van der Waals surface area contributed by atoms with Crippen LogP contribution in [0.25, 0.3) is 0 Å². The summed E-state index contributed by atoms with van der Waals surface area (Å²) in [5.74, 6) is 0.487. The van der Waals surface area contributed by atoms with Crippen LogP contribution in [0.1, 0.15) is 11.6 Å². The fourth-order valence-electron chi connectivity index (χ4n) is 3.30. The Morgan fingerprint density at radius 1 is 1.29 bits per heavy atom. The van der Waals surface area contributed by atoms with Gasteiger partial charge in [0.15, 0.2) is 0 Å². The lowest BCUT2D eigenvalue weighted by Crippen LogP contribution is -2.48. The number of ether oxygens (including phenoxy) is 1. The summed E-state index contributed by atoms with van der Waals surface area (Å²) in [6.07, 6.45) is 0. The van der Waals surface area contributed by atoms with Crippen molar-refractivity contribution in [2.45, 2.75) is 6.04 Å². The SMILES string of the molecule is COc1ccccc1C1CNCCN1CC(=O)Nc1ccccc1[N+](=O)[O-].Cl. The number of rotatable bonds is 6. The smallest absolute Gasteiger partial charge is 0.292 e. The maximum atomic E-state index is 12.6. The number of piperazine rings is 1. The van der Waals surface area contributed by atoms with Gasteiger partial charge in [-0.25, -0.2) is 0 Å². The normalized spacial score (nSPS) is 16.7. The molecule has 28 heavy (non-hydrogen) atoms. The Morgan fingerprint density at radius 2 is 2.00 bits per heavy atom. The average molecular weight is 407 g/mol. The summed E-state index contributed by atoms with van der Waals surface area (Å²) in [6, 6.07) is 13.9. The van der Waals surface area contributed by atoms with E-state index in [4.69, 9.17) is 4.74 Å². The molecule has 1 unspecified atom stereocenters. The molecule has 1 aliphatic rings. The van der Waals surface area contributed by atoms with Gasteiger partial charge in [0, 0.05) is 31.3 Å². The Morgan fingerprint density at radius 3 is 2.75 bits per heavy atom. The summed E-state index contributed by atoms with van der Waals surface area (Å²) in [5, 5.41) is 17.1. The quantitative estimate of drug-likeness (QED) is 0.565. The van der Waals surface area contributed by atoms with E-state index in [1.54, 1.807) is 19.2 Å². The zero-order valence-electron chi connectivity index (χ0n) is 15.5. The maximum Gasteiger partial charge on any atom is 0.292 e. The van der Waals surface area contributed by atoms with Gasteiger partial charge in [0.05, 0.1) is 24.6 Å². The summed E-state index contributed by atoms with van der Waals surface area (Å²) < 4.78 is 5.46. The molecule has 9 heteroatoms. The number of amides is 1. The molecule has 3 rings (SSSR count). The molecule has 8 nitrogen and oxygen atoms in total. The highest BCUT2D eigenvalue weighted by Crippen LogP contribution is 2.30. The first-order valence-electron chi connectivity index (χ1n) is 8.71. The average Bonchev–Trinajstić information content (AvgIpc) is 2.68. The third-order valence-corrected chi connectivity index (χ3v) is 4.57. The van der Waals surface area contributed by atoms with E-state index < -0.39 is 4.92 Å². The summed E-state index contributed by atoms with van der Waals surface area (Å²) in [7, 11) is 1.63. The molecule has 0 spiro atoms. The topological polar surface area (TPSA) is 96.7 Å². The molecule has 2 aromatic rings. The van der Waals surface area contributed by atoms with Crippen LogP contribution < -0.4 is 15.4 Å². The van der Waals surface area contributed by atoms with Crippen molar-refractivity contribution in [2.75, 3.05) is 38.6 Å². The van der Waals surface area contributed by atoms with Gasteiger partial charge >= 0.3 is 0 Å². The molecule has 1 fully saturated rings. The van der Waals surface area contributed by atoms with E-state index >= 15 is 0 Å². The Kier molecular flexibility index (Phi) is 7.74. The van der Waals surface area contributed by atoms with E-state index in [1.807, 2.05) is 24.3 Å². The van der Waals surface area contributed by atoms with Crippen LogP contribution in [0.2, 0.25) is 0 Å². The van der Waals surface area contributed by atoms with Crippen molar-refractivity contribution in [3.8, 4) is 5.75 Å². The molecule has 150 valence electrons. The molecule has 1 amide bonds. The second kappa shape index (κ2) is 10.0. The van der Waals surface area contributed by atoms with Gasteiger partial charge in [0.25, 0.3) is 5.69 Å². The van der Waals surface area contributed by atoms with Crippen molar-refractivity contribution in [1.82, 2.24) is 10.2 Å². The monoisotopic (exact) mass is 406 g/mol. The third kappa shape index (κ3) is 4.98. The minimum atomic E-state index is -0.502. The van der Waals surface area contributed by atoms with Gasteiger partial charge in [-0.05, 0) is 12.1 Å². The number of carbonyl (C=O) groups excluding carboxylic acids is 1. The Bertz CT molecular complexity index is 833. The molecule has 1 atom stereocenters. The molecule has 1 aliphatic heterocycles. The third-order valence-electron chi connectivity index (χ3n) is 4.57. The van der Waals surface area contributed by atoms with Crippen LogP contribution in [-0.2, 0) is 4.79 Å². The molecule has 1 saturated heterocycles. The van der Waals surface area contributed by atoms with Gasteiger partial charge in [0.2, 0.25) is 5.91 Å². The van der Waals surface area contributed by atoms with Crippen molar-refractivity contribution in [1.29, 1.82) is 0 Å². The predicted octanol–water partition coefficient (Wildman–Crippen LogP) is 2.61. The highest BCUT2D eigenvalue weighted by Gasteiger charge is 2.28. The van der Waals surface area contributed by atoms with Gasteiger partial charge in [-0.2, -0.15) is 0 Å². The number of anilines is 1. The first-order valence-corrected chi connectivity index (χ1v) is 8.71. The zero-order valence-corrected chi connectivity index (χ0v) is 16.3. The number of nitro benzene ring substituents is 1. The molecule has 1 heterocycles. The second-order valence-corrected chi connectivity index (χ2v) is 6.25. The Labute approximate surface area is 169 Å². The molecule has 0 aromatic heterocycles. The lowest BCUT2D eigenvalue weighted by atomic mass is 10.0. The first kappa shape index (κ1) is 21.6. The van der Waals surface area contributed by atoms with Crippen LogP contribution in [0.5, 0.6) is 5.75 Å². The van der Waals surface area contributed by atoms with Crippen LogP contribution in [-0.4, -0.2) is 49.0 Å². The summed E-state index contributed by atoms with van der Waals surface area (Å²) in [6.45, 7) is 2.28. The van der Waals surface area contributed by atoms with Gasteiger partial charge < -0.3 is 15.4 Å². The van der Waals surface area contributed by atoms with E-state index in [2.05, 4.69) is 15.5 Å². The van der Waals surface area contributed by atoms with Crippen molar-refractivity contribution in [3.63, 3.8) is 0 Å². The van der Waals surface area contributed by atoms with Gasteiger partial charge in [-0.15, -0.1) is 12.4 Å². The standard InChI is InChI=1S/C19H22N4O4.ClH/c1-27-18-9-5-2-6-14(18)17-12-20-10-11-22(17)13-19(24)21-15-7-3-4-8-16(15)23(25)26;/h2-9,17,20H,10-13H2,1H3,(H,21,24);1H. The van der Waals surface area contributed by atoms with E-state index in [0.29, 0.717) is 13.1 Å². The molecule has 0 radical (unpaired) electrons. The zero-order chi connectivity index (χ0) is 19.2. The lowest BCUT2D eigenvalue weighted by Gasteiger charge is -2.36. The van der Waals surface area contributed by atoms with Crippen molar-refractivity contribution in [3.05, 3.63) is 64.2 Å². The number of carbonyl (C=O) groups is 1. The van der Waals surface area contributed by atoms with E-state index in [0.717, 1.165) is 17.9 Å². The number of nitrogens with zero attached hydrogens (tertiary/aromatic N) is 2. The highest BCUT2D eigenvalue weighted by molar-refractivity contribution is 5.94. The summed E-state index contributed by atoms with van der Waals surface area (Å²) in [5.41, 5.74) is 1.09. The van der Waals surface area contributed by atoms with Gasteiger partial charge in [-0.1, -0.05) is 30.3 Å². The Balaban J connectivity index is 0.00000280. The molecule has 0 bridgehead atoms. The van der Waals surface area contributed by atoms with Crippen LogP contribution in [0, 0.1) is 10.1 Å². The number of methoxy groups -OCH3 is 1. The minimum absolute atomic E-state index is 0. The molecule has 0 saturated carbocycles. The number of nitrogens with one attached hydrogen (secondary N) is 2. The van der Waals surface area contributed by atoms with Crippen molar-refractivity contribution < 1.29 is 14.5 Å². The minimum Gasteiger partial charge on any atom is -0.496 e. The molecular weight excluding hydrogens is 384 g/mol. The predicted molar refractivity (Wildman–Crippen MR) is 109 cm³/mol.